The molecule has 0 aliphatic carbocycles. The normalized spacial score (nSPS) is 10.0. The number of rotatable bonds is 2. The zero-order chi connectivity index (χ0) is 8.39. The van der Waals surface area contributed by atoms with Crippen LogP contribution in [0.4, 0.5) is 0 Å². The van der Waals surface area contributed by atoms with Gasteiger partial charge in [0.25, 0.3) is 0 Å². The number of nitrogens with zero attached hydrogens (tertiary/aromatic N) is 1. The molecule has 0 radical (unpaired) electrons. The van der Waals surface area contributed by atoms with Crippen LogP contribution in [0.3, 0.4) is 0 Å². The first-order valence-corrected chi connectivity index (χ1v) is 4.39. The summed E-state index contributed by atoms with van der Waals surface area (Å²) < 4.78 is 6.26. The van der Waals surface area contributed by atoms with Gasteiger partial charge in [-0.15, -0.1) is 11.3 Å². The average molecular weight is 177 g/mol. The molecule has 1 aromatic heterocycles. The van der Waals surface area contributed by atoms with Gasteiger partial charge < -0.3 is 4.74 Å². The fourth-order valence-electron chi connectivity index (χ4n) is 1.00. The van der Waals surface area contributed by atoms with Crippen LogP contribution < -0.4 is 4.74 Å². The summed E-state index contributed by atoms with van der Waals surface area (Å²) in [5, 5.41) is 0. The quantitative estimate of drug-likeness (QED) is 0.658. The molecule has 12 heavy (non-hydrogen) atoms. The number of fused-ring (bicyclic) bond motifs is 1. The van der Waals surface area contributed by atoms with Crippen LogP contribution in [-0.4, -0.2) is 4.98 Å². The van der Waals surface area contributed by atoms with E-state index in [9.17, 15) is 0 Å². The molecule has 0 aliphatic rings. The van der Waals surface area contributed by atoms with E-state index in [0.717, 1.165) is 16.0 Å². The van der Waals surface area contributed by atoms with Gasteiger partial charge in [-0.1, -0.05) is 6.58 Å². The molecule has 1 heterocycles. The van der Waals surface area contributed by atoms with Crippen molar-refractivity contribution in [3.63, 3.8) is 0 Å². The Morgan fingerprint density at radius 3 is 3.25 bits per heavy atom. The van der Waals surface area contributed by atoms with Gasteiger partial charge in [-0.3, -0.25) is 0 Å². The third-order valence-electron chi connectivity index (χ3n) is 1.52. The van der Waals surface area contributed by atoms with E-state index >= 15 is 0 Å². The van der Waals surface area contributed by atoms with Gasteiger partial charge in [0, 0.05) is 6.07 Å². The van der Waals surface area contributed by atoms with Gasteiger partial charge in [0.15, 0.2) is 0 Å². The maximum atomic E-state index is 5.13. The minimum Gasteiger partial charge on any atom is -0.466 e. The van der Waals surface area contributed by atoms with E-state index in [-0.39, 0.29) is 0 Å². The number of hydrogen-bond donors (Lipinski definition) is 0. The van der Waals surface area contributed by atoms with Crippen LogP contribution in [0.1, 0.15) is 0 Å². The molecule has 0 atom stereocenters. The number of thiazole rings is 1. The highest BCUT2D eigenvalue weighted by atomic mass is 32.1. The smallest absolute Gasteiger partial charge is 0.128 e. The van der Waals surface area contributed by atoms with Gasteiger partial charge in [0.1, 0.15) is 5.75 Å². The average Bonchev–Trinajstić information content (AvgIpc) is 2.51. The molecule has 0 fully saturated rings. The zero-order valence-electron chi connectivity index (χ0n) is 6.36. The summed E-state index contributed by atoms with van der Waals surface area (Å²) in [7, 11) is 0. The summed E-state index contributed by atoms with van der Waals surface area (Å²) >= 11 is 1.60. The SMILES string of the molecule is C=COc1ccc2ncsc2c1. The Hall–Kier alpha value is -1.35. The lowest BCUT2D eigenvalue weighted by Crippen LogP contribution is -1.78. The van der Waals surface area contributed by atoms with Gasteiger partial charge >= 0.3 is 0 Å². The Morgan fingerprint density at radius 2 is 2.42 bits per heavy atom. The second-order valence-electron chi connectivity index (χ2n) is 2.27. The summed E-state index contributed by atoms with van der Waals surface area (Å²) in [6.07, 6.45) is 1.42. The maximum Gasteiger partial charge on any atom is 0.128 e. The maximum absolute atomic E-state index is 5.13. The Balaban J connectivity index is 2.52. The molecule has 1 aromatic carbocycles. The molecule has 0 saturated heterocycles. The van der Waals surface area contributed by atoms with Gasteiger partial charge in [-0.25, -0.2) is 4.98 Å². The molecule has 0 N–H and O–H groups in total. The first-order valence-electron chi connectivity index (χ1n) is 3.51. The van der Waals surface area contributed by atoms with Crippen LogP contribution in [0.5, 0.6) is 5.75 Å². The topological polar surface area (TPSA) is 22.1 Å². The zero-order valence-corrected chi connectivity index (χ0v) is 7.17. The van der Waals surface area contributed by atoms with Gasteiger partial charge in [-0.2, -0.15) is 0 Å². The van der Waals surface area contributed by atoms with Crippen LogP contribution in [0.15, 0.2) is 36.6 Å². The van der Waals surface area contributed by atoms with E-state index < -0.39 is 0 Å². The van der Waals surface area contributed by atoms with Crippen molar-refractivity contribution in [3.8, 4) is 5.75 Å². The highest BCUT2D eigenvalue weighted by molar-refractivity contribution is 7.16. The highest BCUT2D eigenvalue weighted by Crippen LogP contribution is 2.23. The van der Waals surface area contributed by atoms with E-state index in [2.05, 4.69) is 11.6 Å². The standard InChI is InChI=1S/C9H7NOS/c1-2-11-7-3-4-8-9(5-7)12-6-10-8/h2-6H,1H2. The molecular formula is C9H7NOS. The monoisotopic (exact) mass is 177 g/mol. The van der Waals surface area contributed by atoms with Crippen molar-refractivity contribution in [2.75, 3.05) is 0 Å². The van der Waals surface area contributed by atoms with E-state index in [0.29, 0.717) is 0 Å². The van der Waals surface area contributed by atoms with Crippen LogP contribution in [-0.2, 0) is 0 Å². The summed E-state index contributed by atoms with van der Waals surface area (Å²) in [6.45, 7) is 3.49. The minimum absolute atomic E-state index is 0.807. The number of hydrogen-bond acceptors (Lipinski definition) is 3. The molecule has 0 spiro atoms. The molecule has 2 aromatic rings. The summed E-state index contributed by atoms with van der Waals surface area (Å²) in [6, 6.07) is 5.77. The number of ether oxygens (including phenoxy) is 1. The number of benzene rings is 1. The molecule has 60 valence electrons. The second-order valence-corrected chi connectivity index (χ2v) is 3.15. The minimum atomic E-state index is 0.807. The molecule has 2 rings (SSSR count). The van der Waals surface area contributed by atoms with Gasteiger partial charge in [-0.05, 0) is 12.1 Å². The van der Waals surface area contributed by atoms with Crippen LogP contribution >= 0.6 is 11.3 Å². The van der Waals surface area contributed by atoms with E-state index in [1.165, 1.54) is 6.26 Å². The molecule has 2 nitrogen and oxygen atoms in total. The Labute approximate surface area is 74.1 Å². The van der Waals surface area contributed by atoms with Crippen LogP contribution in [0.2, 0.25) is 0 Å². The lowest BCUT2D eigenvalue weighted by atomic mass is 10.3. The molecule has 0 saturated carbocycles. The van der Waals surface area contributed by atoms with Crippen molar-refractivity contribution >= 4 is 21.6 Å². The third-order valence-corrected chi connectivity index (χ3v) is 2.31. The molecule has 3 heteroatoms. The van der Waals surface area contributed by atoms with Gasteiger partial charge in [0.05, 0.1) is 22.0 Å². The van der Waals surface area contributed by atoms with Crippen molar-refractivity contribution in [2.24, 2.45) is 0 Å². The van der Waals surface area contributed by atoms with E-state index in [1.807, 2.05) is 23.7 Å². The molecule has 0 bridgehead atoms. The summed E-state index contributed by atoms with van der Waals surface area (Å²) in [5.74, 6) is 0.807. The van der Waals surface area contributed by atoms with E-state index in [1.54, 1.807) is 11.3 Å². The molecular weight excluding hydrogens is 170 g/mol. The fourth-order valence-corrected chi connectivity index (χ4v) is 1.71. The van der Waals surface area contributed by atoms with E-state index in [4.69, 9.17) is 4.74 Å². The highest BCUT2D eigenvalue weighted by Gasteiger charge is 1.97. The third kappa shape index (κ3) is 1.19. The summed E-state index contributed by atoms with van der Waals surface area (Å²) in [5.41, 5.74) is 2.83. The Bertz CT molecular complexity index is 408. The van der Waals surface area contributed by atoms with Crippen molar-refractivity contribution < 1.29 is 4.74 Å². The first-order chi connectivity index (χ1) is 5.90. The molecule has 0 aliphatic heterocycles. The fraction of sp³-hybridized carbons (Fsp3) is 0. The number of aromatic nitrogens is 1. The summed E-state index contributed by atoms with van der Waals surface area (Å²) in [4.78, 5) is 4.16. The Kier molecular flexibility index (Phi) is 1.80. The predicted octanol–water partition coefficient (Wildman–Crippen LogP) is 2.82. The first kappa shape index (κ1) is 7.31. The van der Waals surface area contributed by atoms with Crippen molar-refractivity contribution in [3.05, 3.63) is 36.6 Å². The van der Waals surface area contributed by atoms with Gasteiger partial charge in [0.2, 0.25) is 0 Å². The lowest BCUT2D eigenvalue weighted by molar-refractivity contribution is 0.484. The lowest BCUT2D eigenvalue weighted by Gasteiger charge is -1.97. The van der Waals surface area contributed by atoms with Crippen molar-refractivity contribution in [1.29, 1.82) is 0 Å². The predicted molar refractivity (Wildman–Crippen MR) is 50.4 cm³/mol. The van der Waals surface area contributed by atoms with Crippen LogP contribution in [0, 0.1) is 0 Å². The molecule has 0 unspecified atom stereocenters. The van der Waals surface area contributed by atoms with Crippen molar-refractivity contribution in [1.82, 2.24) is 4.98 Å². The van der Waals surface area contributed by atoms with Crippen LogP contribution in [0.25, 0.3) is 10.2 Å². The second kappa shape index (κ2) is 2.95. The Morgan fingerprint density at radius 1 is 1.50 bits per heavy atom. The molecule has 0 amide bonds. The van der Waals surface area contributed by atoms with Crippen molar-refractivity contribution in [2.45, 2.75) is 0 Å². The largest absolute Gasteiger partial charge is 0.466 e.